The first-order valence-corrected chi connectivity index (χ1v) is 4.79. The van der Waals surface area contributed by atoms with E-state index in [0.717, 1.165) is 12.8 Å². The highest BCUT2D eigenvalue weighted by Gasteiger charge is 2.33. The molecule has 0 aromatic heterocycles. The highest BCUT2D eigenvalue weighted by molar-refractivity contribution is 5.73. The second-order valence-corrected chi connectivity index (χ2v) is 4.63. The van der Waals surface area contributed by atoms with Gasteiger partial charge in [0.05, 0.1) is 0 Å². The maximum absolute atomic E-state index is 10.7. The quantitative estimate of drug-likeness (QED) is 0.706. The molecule has 13 heavy (non-hydrogen) atoms. The lowest BCUT2D eigenvalue weighted by Gasteiger charge is -2.33. The molecule has 2 atom stereocenters. The van der Waals surface area contributed by atoms with Crippen LogP contribution in [0.1, 0.15) is 40.5 Å². The van der Waals surface area contributed by atoms with E-state index < -0.39 is 12.0 Å². The van der Waals surface area contributed by atoms with Crippen molar-refractivity contribution in [2.45, 2.75) is 46.6 Å². The molecule has 0 fully saturated rings. The summed E-state index contributed by atoms with van der Waals surface area (Å²) in [6.45, 7) is 8.16. The van der Waals surface area contributed by atoms with E-state index in [1.807, 2.05) is 27.7 Å². The van der Waals surface area contributed by atoms with Crippen LogP contribution in [0.25, 0.3) is 0 Å². The summed E-state index contributed by atoms with van der Waals surface area (Å²) in [5, 5.41) is 8.82. The Hall–Kier alpha value is -0.570. The Morgan fingerprint density at radius 2 is 1.92 bits per heavy atom. The number of carbonyl (C=O) groups is 1. The first kappa shape index (κ1) is 12.4. The molecule has 78 valence electrons. The normalized spacial score (nSPS) is 16.7. The molecule has 0 heterocycles. The van der Waals surface area contributed by atoms with Crippen LogP contribution in [0.3, 0.4) is 0 Å². The van der Waals surface area contributed by atoms with Crippen LogP contribution in [0, 0.1) is 11.3 Å². The maximum Gasteiger partial charge on any atom is 0.320 e. The van der Waals surface area contributed by atoms with Crippen molar-refractivity contribution in [3.05, 3.63) is 0 Å². The largest absolute Gasteiger partial charge is 0.480 e. The fraction of sp³-hybridized carbons (Fsp3) is 0.900. The Labute approximate surface area is 80.3 Å². The van der Waals surface area contributed by atoms with Crippen LogP contribution in [-0.2, 0) is 4.79 Å². The van der Waals surface area contributed by atoms with Crippen molar-refractivity contribution in [3.63, 3.8) is 0 Å². The van der Waals surface area contributed by atoms with Crippen molar-refractivity contribution < 1.29 is 9.90 Å². The number of carboxylic acid groups (broad SMARTS) is 1. The molecule has 0 aliphatic heterocycles. The van der Waals surface area contributed by atoms with Crippen LogP contribution in [0.5, 0.6) is 0 Å². The minimum absolute atomic E-state index is 0.0339. The SMILES string of the molecule is CCCC(C(N)C(=O)O)C(C)(C)C. The summed E-state index contributed by atoms with van der Waals surface area (Å²) in [5.74, 6) is -0.844. The highest BCUT2D eigenvalue weighted by atomic mass is 16.4. The van der Waals surface area contributed by atoms with Crippen LogP contribution < -0.4 is 5.73 Å². The predicted molar refractivity (Wildman–Crippen MR) is 53.5 cm³/mol. The van der Waals surface area contributed by atoms with Crippen LogP contribution in [0.2, 0.25) is 0 Å². The predicted octanol–water partition coefficient (Wildman–Crippen LogP) is 1.86. The van der Waals surface area contributed by atoms with Gasteiger partial charge in [-0.25, -0.2) is 0 Å². The van der Waals surface area contributed by atoms with E-state index in [-0.39, 0.29) is 11.3 Å². The van der Waals surface area contributed by atoms with Gasteiger partial charge in [-0.15, -0.1) is 0 Å². The highest BCUT2D eigenvalue weighted by Crippen LogP contribution is 2.31. The van der Waals surface area contributed by atoms with Gasteiger partial charge in [0.2, 0.25) is 0 Å². The van der Waals surface area contributed by atoms with Crippen molar-refractivity contribution in [3.8, 4) is 0 Å². The lowest BCUT2D eigenvalue weighted by Crippen LogP contribution is -2.44. The molecular weight excluding hydrogens is 166 g/mol. The first-order chi connectivity index (χ1) is 5.80. The molecule has 0 bridgehead atoms. The van der Waals surface area contributed by atoms with E-state index in [1.165, 1.54) is 0 Å². The number of nitrogens with two attached hydrogens (primary N) is 1. The fourth-order valence-corrected chi connectivity index (χ4v) is 1.63. The third-order valence-electron chi connectivity index (χ3n) is 2.43. The van der Waals surface area contributed by atoms with Gasteiger partial charge < -0.3 is 10.8 Å². The molecule has 0 aromatic rings. The summed E-state index contributed by atoms with van der Waals surface area (Å²) in [6.07, 6.45) is 1.85. The molecule has 0 rings (SSSR count). The minimum atomic E-state index is -0.895. The number of hydrogen-bond acceptors (Lipinski definition) is 2. The average Bonchev–Trinajstić information content (AvgIpc) is 1.96. The average molecular weight is 187 g/mol. The zero-order chi connectivity index (χ0) is 10.6. The Morgan fingerprint density at radius 3 is 2.15 bits per heavy atom. The molecule has 2 unspecified atom stereocenters. The molecule has 0 spiro atoms. The fourth-order valence-electron chi connectivity index (χ4n) is 1.63. The lowest BCUT2D eigenvalue weighted by molar-refractivity contribution is -0.141. The molecule has 3 N–H and O–H groups in total. The monoisotopic (exact) mass is 187 g/mol. The van der Waals surface area contributed by atoms with Crippen molar-refractivity contribution >= 4 is 5.97 Å². The van der Waals surface area contributed by atoms with Gasteiger partial charge >= 0.3 is 5.97 Å². The smallest absolute Gasteiger partial charge is 0.320 e. The molecule has 0 aliphatic rings. The molecule has 0 amide bonds. The van der Waals surface area contributed by atoms with Gasteiger partial charge in [0.1, 0.15) is 6.04 Å². The van der Waals surface area contributed by atoms with Gasteiger partial charge in [-0.2, -0.15) is 0 Å². The van der Waals surface area contributed by atoms with E-state index in [9.17, 15) is 4.79 Å². The van der Waals surface area contributed by atoms with Gasteiger partial charge in [0.25, 0.3) is 0 Å². The summed E-state index contributed by atoms with van der Waals surface area (Å²) in [6, 6.07) is -0.736. The van der Waals surface area contributed by atoms with E-state index in [1.54, 1.807) is 0 Å². The van der Waals surface area contributed by atoms with Crippen molar-refractivity contribution in [2.75, 3.05) is 0 Å². The maximum atomic E-state index is 10.7. The van der Waals surface area contributed by atoms with E-state index in [0.29, 0.717) is 0 Å². The van der Waals surface area contributed by atoms with Crippen LogP contribution in [0.4, 0.5) is 0 Å². The van der Waals surface area contributed by atoms with Gasteiger partial charge in [0.15, 0.2) is 0 Å². The molecule has 0 radical (unpaired) electrons. The number of hydrogen-bond donors (Lipinski definition) is 2. The van der Waals surface area contributed by atoms with Crippen molar-refractivity contribution in [2.24, 2.45) is 17.1 Å². The first-order valence-electron chi connectivity index (χ1n) is 4.79. The Bertz CT molecular complexity index is 172. The zero-order valence-corrected chi connectivity index (χ0v) is 9.00. The molecule has 3 nitrogen and oxygen atoms in total. The Balaban J connectivity index is 4.51. The molecule has 0 aromatic carbocycles. The van der Waals surface area contributed by atoms with Gasteiger partial charge in [-0.05, 0) is 17.8 Å². The second kappa shape index (κ2) is 4.61. The van der Waals surface area contributed by atoms with Crippen LogP contribution in [-0.4, -0.2) is 17.1 Å². The summed E-state index contributed by atoms with van der Waals surface area (Å²) < 4.78 is 0. The third-order valence-corrected chi connectivity index (χ3v) is 2.43. The topological polar surface area (TPSA) is 63.3 Å². The zero-order valence-electron chi connectivity index (χ0n) is 9.00. The van der Waals surface area contributed by atoms with Crippen LogP contribution in [0.15, 0.2) is 0 Å². The van der Waals surface area contributed by atoms with Crippen LogP contribution >= 0.6 is 0 Å². The standard InChI is InChI=1S/C10H21NO2/c1-5-6-7(10(2,3)4)8(11)9(12)13/h7-8H,5-6,11H2,1-4H3,(H,12,13). The Kier molecular flexibility index (Phi) is 4.40. The van der Waals surface area contributed by atoms with Gasteiger partial charge in [-0.1, -0.05) is 34.1 Å². The van der Waals surface area contributed by atoms with E-state index in [2.05, 4.69) is 0 Å². The third kappa shape index (κ3) is 3.77. The molecule has 3 heteroatoms. The minimum Gasteiger partial charge on any atom is -0.480 e. The summed E-state index contributed by atoms with van der Waals surface area (Å²) in [5.41, 5.74) is 5.60. The Morgan fingerprint density at radius 1 is 1.46 bits per heavy atom. The lowest BCUT2D eigenvalue weighted by atomic mass is 9.74. The van der Waals surface area contributed by atoms with Crippen molar-refractivity contribution in [1.29, 1.82) is 0 Å². The van der Waals surface area contributed by atoms with Crippen molar-refractivity contribution in [1.82, 2.24) is 0 Å². The van der Waals surface area contributed by atoms with E-state index >= 15 is 0 Å². The number of aliphatic carboxylic acids is 1. The summed E-state index contributed by atoms with van der Waals surface area (Å²) in [4.78, 5) is 10.7. The molecule has 0 aliphatic carbocycles. The second-order valence-electron chi connectivity index (χ2n) is 4.63. The molecule has 0 saturated heterocycles. The number of rotatable bonds is 4. The van der Waals surface area contributed by atoms with E-state index in [4.69, 9.17) is 10.8 Å². The van der Waals surface area contributed by atoms with Gasteiger partial charge in [-0.3, -0.25) is 4.79 Å². The summed E-state index contributed by atoms with van der Waals surface area (Å²) >= 11 is 0. The number of carboxylic acids is 1. The summed E-state index contributed by atoms with van der Waals surface area (Å²) in [7, 11) is 0. The molecule has 0 saturated carbocycles. The van der Waals surface area contributed by atoms with Gasteiger partial charge in [0, 0.05) is 0 Å². The molecular formula is C10H21NO2.